The number of methoxy groups -OCH3 is 1. The van der Waals surface area contributed by atoms with E-state index >= 15 is 0 Å². The van der Waals surface area contributed by atoms with E-state index in [0.717, 1.165) is 11.3 Å². The minimum Gasteiger partial charge on any atom is -0.467 e. The molecule has 0 aliphatic carbocycles. The molecule has 0 saturated heterocycles. The number of hydrogen-bond donors (Lipinski definition) is 1. The predicted molar refractivity (Wildman–Crippen MR) is 65.6 cm³/mol. The summed E-state index contributed by atoms with van der Waals surface area (Å²) >= 11 is 0. The molecule has 0 radical (unpaired) electrons. The zero-order valence-corrected chi connectivity index (χ0v) is 10.3. The number of anilines is 1. The van der Waals surface area contributed by atoms with E-state index in [1.165, 1.54) is 12.7 Å². The van der Waals surface area contributed by atoms with Crippen molar-refractivity contribution in [1.29, 1.82) is 0 Å². The molecule has 16 heavy (non-hydrogen) atoms. The van der Waals surface area contributed by atoms with Crippen molar-refractivity contribution in [3.63, 3.8) is 0 Å². The molecule has 88 valence electrons. The first-order chi connectivity index (χ1) is 7.58. The van der Waals surface area contributed by atoms with E-state index in [-0.39, 0.29) is 12.0 Å². The molecule has 1 N–H and O–H groups in total. The Morgan fingerprint density at radius 3 is 2.62 bits per heavy atom. The summed E-state index contributed by atoms with van der Waals surface area (Å²) in [5, 5.41) is 3.20. The lowest BCUT2D eigenvalue weighted by molar-refractivity contribution is -0.141. The smallest absolute Gasteiger partial charge is 0.328 e. The molecule has 0 spiro atoms. The van der Waals surface area contributed by atoms with Gasteiger partial charge >= 0.3 is 5.97 Å². The molecule has 1 aromatic carbocycles. The summed E-state index contributed by atoms with van der Waals surface area (Å²) in [6.45, 7) is 6.03. The molecule has 1 atom stereocenters. The lowest BCUT2D eigenvalue weighted by Gasteiger charge is -2.17. The quantitative estimate of drug-likeness (QED) is 0.794. The number of carbonyl (C=O) groups is 1. The Morgan fingerprint density at radius 2 is 2.12 bits per heavy atom. The van der Waals surface area contributed by atoms with E-state index in [1.807, 2.05) is 32.9 Å². The van der Waals surface area contributed by atoms with Crippen molar-refractivity contribution >= 4 is 11.7 Å². The van der Waals surface area contributed by atoms with Gasteiger partial charge in [0.1, 0.15) is 6.04 Å². The summed E-state index contributed by atoms with van der Waals surface area (Å²) in [4.78, 5) is 11.4. The molecule has 3 heteroatoms. The molecule has 0 heterocycles. The first-order valence-corrected chi connectivity index (χ1v) is 5.50. The van der Waals surface area contributed by atoms with Crippen LogP contribution in [0.4, 0.5) is 5.69 Å². The van der Waals surface area contributed by atoms with Gasteiger partial charge in [0.2, 0.25) is 0 Å². The van der Waals surface area contributed by atoms with Crippen LogP contribution in [-0.4, -0.2) is 19.1 Å². The van der Waals surface area contributed by atoms with Gasteiger partial charge in [-0.15, -0.1) is 0 Å². The summed E-state index contributed by atoms with van der Waals surface area (Å²) in [6.07, 6.45) is 0.708. The molecule has 0 bridgehead atoms. The molecule has 0 aliphatic heterocycles. The predicted octanol–water partition coefficient (Wildman–Crippen LogP) is 2.67. The number of benzene rings is 1. The van der Waals surface area contributed by atoms with Gasteiger partial charge in [0.25, 0.3) is 0 Å². The van der Waals surface area contributed by atoms with Gasteiger partial charge in [-0.1, -0.05) is 24.6 Å². The number of ether oxygens (including phenoxy) is 1. The van der Waals surface area contributed by atoms with Crippen LogP contribution >= 0.6 is 0 Å². The van der Waals surface area contributed by atoms with Crippen LogP contribution < -0.4 is 5.32 Å². The topological polar surface area (TPSA) is 38.3 Å². The van der Waals surface area contributed by atoms with Gasteiger partial charge in [-0.25, -0.2) is 4.79 Å². The van der Waals surface area contributed by atoms with Crippen LogP contribution in [0, 0.1) is 13.8 Å². The molecule has 1 rings (SSSR count). The van der Waals surface area contributed by atoms with Crippen molar-refractivity contribution in [3.8, 4) is 0 Å². The summed E-state index contributed by atoms with van der Waals surface area (Å²) < 4.78 is 4.74. The third-order valence-electron chi connectivity index (χ3n) is 2.61. The lowest BCUT2D eigenvalue weighted by Crippen LogP contribution is -2.30. The number of aryl methyl sites for hydroxylation is 2. The Labute approximate surface area is 96.8 Å². The standard InChI is InChI=1S/C13H19NO2/c1-5-11(13(15)16-4)14-12-7-6-9(2)8-10(12)3/h6-8,11,14H,5H2,1-4H3. The molecule has 0 aliphatic rings. The highest BCUT2D eigenvalue weighted by atomic mass is 16.5. The van der Waals surface area contributed by atoms with Crippen molar-refractivity contribution < 1.29 is 9.53 Å². The van der Waals surface area contributed by atoms with Crippen LogP contribution in [0.25, 0.3) is 0 Å². The van der Waals surface area contributed by atoms with Crippen LogP contribution in [0.2, 0.25) is 0 Å². The normalized spacial score (nSPS) is 12.0. The van der Waals surface area contributed by atoms with Crippen molar-refractivity contribution in [2.75, 3.05) is 12.4 Å². The van der Waals surface area contributed by atoms with Crippen LogP contribution in [0.5, 0.6) is 0 Å². The highest BCUT2D eigenvalue weighted by Crippen LogP contribution is 2.18. The van der Waals surface area contributed by atoms with Gasteiger partial charge in [-0.05, 0) is 31.9 Å². The largest absolute Gasteiger partial charge is 0.467 e. The number of nitrogens with one attached hydrogen (secondary N) is 1. The first-order valence-electron chi connectivity index (χ1n) is 5.50. The Balaban J connectivity index is 2.82. The fourth-order valence-corrected chi connectivity index (χ4v) is 1.63. The highest BCUT2D eigenvalue weighted by molar-refractivity contribution is 5.79. The second-order valence-electron chi connectivity index (χ2n) is 3.95. The average Bonchev–Trinajstić information content (AvgIpc) is 2.27. The SMILES string of the molecule is CCC(Nc1ccc(C)cc1C)C(=O)OC. The van der Waals surface area contributed by atoms with E-state index in [1.54, 1.807) is 0 Å². The van der Waals surface area contributed by atoms with Gasteiger partial charge in [0.05, 0.1) is 7.11 Å². The van der Waals surface area contributed by atoms with Gasteiger partial charge in [0, 0.05) is 5.69 Å². The molecule has 1 aromatic rings. The van der Waals surface area contributed by atoms with Crippen LogP contribution in [0.3, 0.4) is 0 Å². The van der Waals surface area contributed by atoms with Crippen LogP contribution in [0.15, 0.2) is 18.2 Å². The van der Waals surface area contributed by atoms with Gasteiger partial charge in [0.15, 0.2) is 0 Å². The van der Waals surface area contributed by atoms with Crippen molar-refractivity contribution in [2.24, 2.45) is 0 Å². The van der Waals surface area contributed by atoms with Crippen molar-refractivity contribution in [2.45, 2.75) is 33.2 Å². The molecule has 1 unspecified atom stereocenters. The Morgan fingerprint density at radius 1 is 1.44 bits per heavy atom. The molecule has 0 saturated carbocycles. The molecule has 3 nitrogen and oxygen atoms in total. The Bertz CT molecular complexity index is 374. The Hall–Kier alpha value is -1.51. The van der Waals surface area contributed by atoms with Crippen molar-refractivity contribution in [3.05, 3.63) is 29.3 Å². The summed E-state index contributed by atoms with van der Waals surface area (Å²) in [6, 6.07) is 5.84. The minimum absolute atomic E-state index is 0.220. The summed E-state index contributed by atoms with van der Waals surface area (Å²) in [5.74, 6) is -0.220. The monoisotopic (exact) mass is 221 g/mol. The minimum atomic E-state index is -0.272. The van der Waals surface area contributed by atoms with Gasteiger partial charge < -0.3 is 10.1 Å². The van der Waals surface area contributed by atoms with E-state index in [0.29, 0.717) is 6.42 Å². The lowest BCUT2D eigenvalue weighted by atomic mass is 10.1. The van der Waals surface area contributed by atoms with E-state index in [9.17, 15) is 4.79 Å². The van der Waals surface area contributed by atoms with Crippen LogP contribution in [0.1, 0.15) is 24.5 Å². The second-order valence-corrected chi connectivity index (χ2v) is 3.95. The van der Waals surface area contributed by atoms with Gasteiger partial charge in [-0.2, -0.15) is 0 Å². The number of carbonyl (C=O) groups excluding carboxylic acids is 1. The van der Waals surface area contributed by atoms with Crippen LogP contribution in [-0.2, 0) is 9.53 Å². The fourth-order valence-electron chi connectivity index (χ4n) is 1.63. The number of hydrogen-bond acceptors (Lipinski definition) is 3. The van der Waals surface area contributed by atoms with E-state index < -0.39 is 0 Å². The maximum Gasteiger partial charge on any atom is 0.328 e. The molecular formula is C13H19NO2. The molecule has 0 amide bonds. The third-order valence-corrected chi connectivity index (χ3v) is 2.61. The fraction of sp³-hybridized carbons (Fsp3) is 0.462. The maximum absolute atomic E-state index is 11.4. The molecule has 0 aromatic heterocycles. The van der Waals surface area contributed by atoms with Gasteiger partial charge in [-0.3, -0.25) is 0 Å². The summed E-state index contributed by atoms with van der Waals surface area (Å²) in [5.41, 5.74) is 3.35. The number of rotatable bonds is 4. The molecular weight excluding hydrogens is 202 g/mol. The average molecular weight is 221 g/mol. The first kappa shape index (κ1) is 12.6. The maximum atomic E-state index is 11.4. The van der Waals surface area contributed by atoms with E-state index in [4.69, 9.17) is 4.74 Å². The Kier molecular flexibility index (Phi) is 4.35. The zero-order chi connectivity index (χ0) is 12.1. The highest BCUT2D eigenvalue weighted by Gasteiger charge is 2.16. The second kappa shape index (κ2) is 5.54. The summed E-state index contributed by atoms with van der Waals surface area (Å²) in [7, 11) is 1.41. The van der Waals surface area contributed by atoms with E-state index in [2.05, 4.69) is 11.4 Å². The molecule has 0 fully saturated rings. The zero-order valence-electron chi connectivity index (χ0n) is 10.3. The van der Waals surface area contributed by atoms with Crippen molar-refractivity contribution in [1.82, 2.24) is 0 Å². The third kappa shape index (κ3) is 2.99. The number of esters is 1.